The summed E-state index contributed by atoms with van der Waals surface area (Å²) in [6, 6.07) is 6.53. The van der Waals surface area contributed by atoms with Crippen LogP contribution in [0.4, 0.5) is 5.69 Å². The highest BCUT2D eigenvalue weighted by Crippen LogP contribution is 2.32. The molecule has 0 aliphatic heterocycles. The molecule has 0 aromatic heterocycles. The fourth-order valence-electron chi connectivity index (χ4n) is 3.90. The van der Waals surface area contributed by atoms with Gasteiger partial charge in [0.05, 0.1) is 11.8 Å². The fourth-order valence-corrected chi connectivity index (χ4v) is 3.90. The summed E-state index contributed by atoms with van der Waals surface area (Å²) in [6.45, 7) is 7.97. The number of aryl methyl sites for hydroxylation is 1. The van der Waals surface area contributed by atoms with Gasteiger partial charge < -0.3 is 5.73 Å². The summed E-state index contributed by atoms with van der Waals surface area (Å²) in [6.07, 6.45) is 13.6. The molecule has 0 heterocycles. The van der Waals surface area contributed by atoms with Gasteiger partial charge in [0.15, 0.2) is 0 Å². The highest BCUT2D eigenvalue weighted by Gasteiger charge is 2.21. The molecular formula is C23H29N3. The van der Waals surface area contributed by atoms with Crippen LogP contribution in [0.2, 0.25) is 0 Å². The lowest BCUT2D eigenvalue weighted by atomic mass is 9.86. The van der Waals surface area contributed by atoms with Crippen LogP contribution < -0.4 is 5.73 Å². The molecule has 136 valence electrons. The van der Waals surface area contributed by atoms with E-state index in [1.165, 1.54) is 54.4 Å². The van der Waals surface area contributed by atoms with Gasteiger partial charge in [-0.1, -0.05) is 32.3 Å². The fraction of sp³-hybridized carbons (Fsp3) is 0.391. The molecule has 3 rings (SSSR count). The zero-order valence-electron chi connectivity index (χ0n) is 16.0. The van der Waals surface area contributed by atoms with Crippen LogP contribution in [0.3, 0.4) is 0 Å². The number of nitrogen functional groups attached to an aromatic ring is 1. The first-order valence-corrected chi connectivity index (χ1v) is 9.65. The van der Waals surface area contributed by atoms with E-state index in [0.29, 0.717) is 6.04 Å². The molecule has 0 saturated heterocycles. The Morgan fingerprint density at radius 3 is 2.62 bits per heavy atom. The Kier molecular flexibility index (Phi) is 5.87. The molecule has 0 amide bonds. The lowest BCUT2D eigenvalue weighted by molar-refractivity contribution is 0.443. The first-order chi connectivity index (χ1) is 12.6. The highest BCUT2D eigenvalue weighted by molar-refractivity contribution is 6.18. The van der Waals surface area contributed by atoms with Gasteiger partial charge in [0.2, 0.25) is 0 Å². The number of nitrogens with two attached hydrogens (primary N) is 1. The minimum absolute atomic E-state index is 0.440. The van der Waals surface area contributed by atoms with Crippen molar-refractivity contribution in [3.63, 3.8) is 0 Å². The normalized spacial score (nSPS) is 21.6. The van der Waals surface area contributed by atoms with Crippen LogP contribution in [-0.4, -0.2) is 18.5 Å². The standard InChI is InChI=1S/C23H29N3/c1-4-17-13-18(22-11-10-20(24)12-16(22)2)14-19(15-25-3)23(17)26-21-8-6-5-7-9-21/h10-15,21H,3-9,24H2,1-2H3/b19-15-,26-23?. The SMILES string of the molecule is C=N/C=C1/C=C(c2ccc(N)cc2C)C=C(CC)C1=NC1CCCCC1. The van der Waals surface area contributed by atoms with Crippen molar-refractivity contribution >= 4 is 23.7 Å². The molecule has 1 aromatic rings. The van der Waals surface area contributed by atoms with Crippen LogP contribution in [0.25, 0.3) is 5.57 Å². The highest BCUT2D eigenvalue weighted by atomic mass is 14.8. The van der Waals surface area contributed by atoms with Gasteiger partial charge in [-0.3, -0.25) is 9.98 Å². The Morgan fingerprint density at radius 1 is 1.19 bits per heavy atom. The van der Waals surface area contributed by atoms with Crippen molar-refractivity contribution in [1.82, 2.24) is 0 Å². The van der Waals surface area contributed by atoms with E-state index in [4.69, 9.17) is 10.7 Å². The number of allylic oxidation sites excluding steroid dienone is 5. The second-order valence-corrected chi connectivity index (χ2v) is 7.23. The topological polar surface area (TPSA) is 50.7 Å². The molecule has 0 spiro atoms. The summed E-state index contributed by atoms with van der Waals surface area (Å²) in [5.74, 6) is 0. The Hall–Kier alpha value is -2.42. The van der Waals surface area contributed by atoms with Crippen molar-refractivity contribution < 1.29 is 0 Å². The van der Waals surface area contributed by atoms with Gasteiger partial charge in [0.1, 0.15) is 0 Å². The molecule has 2 aliphatic rings. The minimum atomic E-state index is 0.440. The molecule has 2 aliphatic carbocycles. The van der Waals surface area contributed by atoms with E-state index in [0.717, 1.165) is 23.4 Å². The van der Waals surface area contributed by atoms with Gasteiger partial charge in [0, 0.05) is 17.5 Å². The molecule has 2 N–H and O–H groups in total. The Balaban J connectivity index is 2.03. The largest absolute Gasteiger partial charge is 0.399 e. The third-order valence-corrected chi connectivity index (χ3v) is 5.28. The van der Waals surface area contributed by atoms with E-state index in [1.807, 2.05) is 18.3 Å². The molecule has 1 saturated carbocycles. The van der Waals surface area contributed by atoms with Gasteiger partial charge >= 0.3 is 0 Å². The van der Waals surface area contributed by atoms with Crippen LogP contribution in [0.15, 0.2) is 57.7 Å². The van der Waals surface area contributed by atoms with Gasteiger partial charge in [-0.25, -0.2) is 0 Å². The molecular weight excluding hydrogens is 318 g/mol. The average Bonchev–Trinajstić information content (AvgIpc) is 2.64. The van der Waals surface area contributed by atoms with E-state index in [9.17, 15) is 0 Å². The average molecular weight is 348 g/mol. The third kappa shape index (κ3) is 4.04. The predicted molar refractivity (Wildman–Crippen MR) is 114 cm³/mol. The van der Waals surface area contributed by atoms with Crippen LogP contribution in [0.1, 0.15) is 56.6 Å². The lowest BCUT2D eigenvalue weighted by Crippen LogP contribution is -2.17. The van der Waals surface area contributed by atoms with Crippen molar-refractivity contribution in [2.45, 2.75) is 58.4 Å². The molecule has 3 heteroatoms. The van der Waals surface area contributed by atoms with Crippen molar-refractivity contribution in [2.24, 2.45) is 9.98 Å². The summed E-state index contributed by atoms with van der Waals surface area (Å²) in [4.78, 5) is 9.19. The number of benzene rings is 1. The van der Waals surface area contributed by atoms with E-state index in [2.05, 4.69) is 43.8 Å². The first-order valence-electron chi connectivity index (χ1n) is 9.65. The summed E-state index contributed by atoms with van der Waals surface area (Å²) in [5.41, 5.74) is 13.7. The van der Waals surface area contributed by atoms with Crippen molar-refractivity contribution in [3.05, 3.63) is 58.8 Å². The summed E-state index contributed by atoms with van der Waals surface area (Å²) < 4.78 is 0. The predicted octanol–water partition coefficient (Wildman–Crippen LogP) is 5.67. The van der Waals surface area contributed by atoms with Crippen molar-refractivity contribution in [3.8, 4) is 0 Å². The molecule has 26 heavy (non-hydrogen) atoms. The minimum Gasteiger partial charge on any atom is -0.399 e. The summed E-state index contributed by atoms with van der Waals surface area (Å²) >= 11 is 0. The molecule has 0 bridgehead atoms. The second-order valence-electron chi connectivity index (χ2n) is 7.23. The van der Waals surface area contributed by atoms with Gasteiger partial charge in [0.25, 0.3) is 0 Å². The van der Waals surface area contributed by atoms with Crippen LogP contribution >= 0.6 is 0 Å². The summed E-state index contributed by atoms with van der Waals surface area (Å²) in [5, 5.41) is 0. The smallest absolute Gasteiger partial charge is 0.0697 e. The Morgan fingerprint density at radius 2 is 1.96 bits per heavy atom. The number of rotatable bonds is 4. The maximum Gasteiger partial charge on any atom is 0.0697 e. The maximum atomic E-state index is 5.92. The molecule has 1 fully saturated rings. The quantitative estimate of drug-likeness (QED) is 0.554. The third-order valence-electron chi connectivity index (χ3n) is 5.28. The Labute approximate surface area is 157 Å². The Bertz CT molecular complexity index is 803. The van der Waals surface area contributed by atoms with Gasteiger partial charge in [-0.15, -0.1) is 0 Å². The molecule has 0 atom stereocenters. The number of aliphatic imine (C=N–C) groups is 2. The zero-order chi connectivity index (χ0) is 18.5. The number of anilines is 1. The molecule has 0 unspecified atom stereocenters. The van der Waals surface area contributed by atoms with E-state index < -0.39 is 0 Å². The van der Waals surface area contributed by atoms with E-state index in [1.54, 1.807) is 0 Å². The molecule has 3 nitrogen and oxygen atoms in total. The van der Waals surface area contributed by atoms with E-state index in [-0.39, 0.29) is 0 Å². The van der Waals surface area contributed by atoms with Crippen molar-refractivity contribution in [2.75, 3.05) is 5.73 Å². The second kappa shape index (κ2) is 8.31. The van der Waals surface area contributed by atoms with Crippen LogP contribution in [-0.2, 0) is 0 Å². The zero-order valence-corrected chi connectivity index (χ0v) is 16.0. The van der Waals surface area contributed by atoms with Crippen LogP contribution in [0, 0.1) is 6.92 Å². The first kappa shape index (κ1) is 18.4. The van der Waals surface area contributed by atoms with E-state index >= 15 is 0 Å². The molecule has 1 aromatic carbocycles. The van der Waals surface area contributed by atoms with Crippen molar-refractivity contribution in [1.29, 1.82) is 0 Å². The lowest BCUT2D eigenvalue weighted by Gasteiger charge is -2.23. The van der Waals surface area contributed by atoms with Crippen LogP contribution in [0.5, 0.6) is 0 Å². The number of hydrogen-bond acceptors (Lipinski definition) is 3. The summed E-state index contributed by atoms with van der Waals surface area (Å²) in [7, 11) is 0. The maximum absolute atomic E-state index is 5.92. The number of nitrogens with zero attached hydrogens (tertiary/aromatic N) is 2. The molecule has 0 radical (unpaired) electrons. The van der Waals surface area contributed by atoms with Gasteiger partial charge in [-0.05, 0) is 79.5 Å². The monoisotopic (exact) mass is 347 g/mol. The number of hydrogen-bond donors (Lipinski definition) is 1. The van der Waals surface area contributed by atoms with Gasteiger partial charge in [-0.2, -0.15) is 0 Å².